The quantitative estimate of drug-likeness (QED) is 0.845. The molecule has 1 aliphatic rings. The van der Waals surface area contributed by atoms with E-state index in [0.717, 1.165) is 5.56 Å². The molecule has 1 aromatic carbocycles. The summed E-state index contributed by atoms with van der Waals surface area (Å²) in [5.41, 5.74) is 0.630. The highest BCUT2D eigenvalue weighted by molar-refractivity contribution is 9.10. The summed E-state index contributed by atoms with van der Waals surface area (Å²) in [6.45, 7) is 4.33. The van der Waals surface area contributed by atoms with Crippen molar-refractivity contribution in [3.63, 3.8) is 0 Å². The first kappa shape index (κ1) is 15.2. The van der Waals surface area contributed by atoms with Gasteiger partial charge in [-0.25, -0.2) is 9.18 Å². The van der Waals surface area contributed by atoms with Gasteiger partial charge in [-0.05, 0) is 33.6 Å². The number of hydrogen-bond acceptors (Lipinski definition) is 2. The third kappa shape index (κ3) is 2.95. The molecule has 1 atom stereocenters. The van der Waals surface area contributed by atoms with Gasteiger partial charge in [-0.15, -0.1) is 12.4 Å². The molecule has 1 aliphatic heterocycles. The van der Waals surface area contributed by atoms with E-state index in [0.29, 0.717) is 11.1 Å². The van der Waals surface area contributed by atoms with Crippen LogP contribution in [0.3, 0.4) is 0 Å². The van der Waals surface area contributed by atoms with Gasteiger partial charge >= 0.3 is 6.09 Å². The number of ether oxygens (including phenoxy) is 1. The largest absolute Gasteiger partial charge is 0.449 e. The number of nitrogens with one attached hydrogen (secondary N) is 1. The second-order valence-corrected chi connectivity index (χ2v) is 5.67. The molecule has 18 heavy (non-hydrogen) atoms. The van der Waals surface area contributed by atoms with Crippen molar-refractivity contribution in [3.05, 3.63) is 34.1 Å². The molecule has 6 heteroatoms. The fraction of sp³-hybridized carbons (Fsp3) is 0.417. The van der Waals surface area contributed by atoms with Crippen LogP contribution in [-0.2, 0) is 4.74 Å². The SMILES string of the molecule is CC1(C)COC(=O)N[C@@H]1c1ccc(F)c(Br)c1.Cl. The van der Waals surface area contributed by atoms with Gasteiger partial charge in [-0.3, -0.25) is 0 Å². The lowest BCUT2D eigenvalue weighted by atomic mass is 9.80. The van der Waals surface area contributed by atoms with Crippen molar-refractivity contribution in [3.8, 4) is 0 Å². The van der Waals surface area contributed by atoms with E-state index in [1.807, 2.05) is 13.8 Å². The van der Waals surface area contributed by atoms with Crippen LogP contribution in [0.1, 0.15) is 25.5 Å². The highest BCUT2D eigenvalue weighted by Crippen LogP contribution is 2.37. The fourth-order valence-corrected chi connectivity index (χ4v) is 2.31. The standard InChI is InChI=1S/C12H13BrFNO2.ClH/c1-12(2)6-17-11(16)15-10(12)7-3-4-9(14)8(13)5-7;/h3-5,10H,6H2,1-2H3,(H,15,16);1H/t10-;/m1./s1. The lowest BCUT2D eigenvalue weighted by Crippen LogP contribution is -2.46. The lowest BCUT2D eigenvalue weighted by molar-refractivity contribution is 0.0387. The summed E-state index contributed by atoms with van der Waals surface area (Å²) in [4.78, 5) is 11.3. The van der Waals surface area contributed by atoms with Crippen LogP contribution >= 0.6 is 28.3 Å². The Hall–Kier alpha value is -0.810. The van der Waals surface area contributed by atoms with Gasteiger partial charge in [0.05, 0.1) is 10.5 Å². The van der Waals surface area contributed by atoms with Gasteiger partial charge in [0, 0.05) is 5.41 Å². The number of rotatable bonds is 1. The van der Waals surface area contributed by atoms with Crippen LogP contribution in [0.25, 0.3) is 0 Å². The summed E-state index contributed by atoms with van der Waals surface area (Å²) in [6.07, 6.45) is -0.435. The number of carbonyl (C=O) groups excluding carboxylic acids is 1. The zero-order valence-corrected chi connectivity index (χ0v) is 12.4. The number of cyclic esters (lactones) is 1. The second-order valence-electron chi connectivity index (χ2n) is 4.82. The summed E-state index contributed by atoms with van der Waals surface area (Å²) >= 11 is 3.15. The molecule has 0 unspecified atom stereocenters. The van der Waals surface area contributed by atoms with Crippen LogP contribution in [0.2, 0.25) is 0 Å². The maximum absolute atomic E-state index is 13.2. The Morgan fingerprint density at radius 3 is 2.78 bits per heavy atom. The van der Waals surface area contributed by atoms with E-state index >= 15 is 0 Å². The lowest BCUT2D eigenvalue weighted by Gasteiger charge is -2.38. The second kappa shape index (κ2) is 5.45. The van der Waals surface area contributed by atoms with Crippen molar-refractivity contribution in [1.82, 2.24) is 5.32 Å². The van der Waals surface area contributed by atoms with Gasteiger partial charge in [-0.2, -0.15) is 0 Å². The van der Waals surface area contributed by atoms with E-state index in [2.05, 4.69) is 21.2 Å². The Morgan fingerprint density at radius 1 is 1.50 bits per heavy atom. The van der Waals surface area contributed by atoms with E-state index in [4.69, 9.17) is 4.74 Å². The summed E-state index contributed by atoms with van der Waals surface area (Å²) in [5, 5.41) is 2.77. The maximum Gasteiger partial charge on any atom is 0.407 e. The number of hydrogen-bond donors (Lipinski definition) is 1. The minimum absolute atomic E-state index is 0. The van der Waals surface area contributed by atoms with Crippen LogP contribution in [-0.4, -0.2) is 12.7 Å². The van der Waals surface area contributed by atoms with Gasteiger partial charge < -0.3 is 10.1 Å². The third-order valence-electron chi connectivity index (χ3n) is 2.90. The van der Waals surface area contributed by atoms with Crippen molar-refractivity contribution >= 4 is 34.4 Å². The number of benzene rings is 1. The third-order valence-corrected chi connectivity index (χ3v) is 3.50. The average Bonchev–Trinajstić information content (AvgIpc) is 2.26. The van der Waals surface area contributed by atoms with E-state index < -0.39 is 6.09 Å². The normalized spacial score (nSPS) is 21.6. The summed E-state index contributed by atoms with van der Waals surface area (Å²) < 4.78 is 18.5. The van der Waals surface area contributed by atoms with Crippen LogP contribution in [0, 0.1) is 11.2 Å². The van der Waals surface area contributed by atoms with Gasteiger partial charge in [0.2, 0.25) is 0 Å². The molecule has 1 saturated heterocycles. The van der Waals surface area contributed by atoms with Crippen molar-refractivity contribution < 1.29 is 13.9 Å². The van der Waals surface area contributed by atoms with Crippen LogP contribution in [0.4, 0.5) is 9.18 Å². The minimum atomic E-state index is -0.435. The summed E-state index contributed by atoms with van der Waals surface area (Å²) in [7, 11) is 0. The molecule has 0 radical (unpaired) electrons. The van der Waals surface area contributed by atoms with Gasteiger partial charge in [-0.1, -0.05) is 19.9 Å². The Bertz CT molecular complexity index is 467. The van der Waals surface area contributed by atoms with Crippen LogP contribution < -0.4 is 5.32 Å². The monoisotopic (exact) mass is 337 g/mol. The molecule has 2 rings (SSSR count). The molecule has 0 aromatic heterocycles. The summed E-state index contributed by atoms with van der Waals surface area (Å²) in [6, 6.07) is 4.57. The topological polar surface area (TPSA) is 38.3 Å². The first-order valence-corrected chi connectivity index (χ1v) is 6.08. The van der Waals surface area contributed by atoms with Crippen LogP contribution in [0.5, 0.6) is 0 Å². The molecule has 0 bridgehead atoms. The smallest absolute Gasteiger partial charge is 0.407 e. The highest BCUT2D eigenvalue weighted by Gasteiger charge is 2.37. The number of halogens is 3. The average molecular weight is 339 g/mol. The van der Waals surface area contributed by atoms with Crippen LogP contribution in [0.15, 0.2) is 22.7 Å². The summed E-state index contributed by atoms with van der Waals surface area (Å²) in [5.74, 6) is -0.315. The minimum Gasteiger partial charge on any atom is -0.449 e. The number of alkyl carbamates (subject to hydrolysis) is 1. The van der Waals surface area contributed by atoms with Crippen molar-refractivity contribution in [2.75, 3.05) is 6.61 Å². The Balaban J connectivity index is 0.00000162. The fourth-order valence-electron chi connectivity index (χ4n) is 1.92. The molecule has 0 spiro atoms. The zero-order chi connectivity index (χ0) is 12.6. The zero-order valence-electron chi connectivity index (χ0n) is 10.00. The maximum atomic E-state index is 13.2. The highest BCUT2D eigenvalue weighted by atomic mass is 79.9. The molecule has 0 saturated carbocycles. The number of amides is 1. The van der Waals surface area contributed by atoms with Crippen molar-refractivity contribution in [2.24, 2.45) is 5.41 Å². The molecule has 1 heterocycles. The molecule has 0 aliphatic carbocycles. The first-order chi connectivity index (χ1) is 7.90. The van der Waals surface area contributed by atoms with Gasteiger partial charge in [0.15, 0.2) is 0 Å². The van der Waals surface area contributed by atoms with E-state index in [-0.39, 0.29) is 29.7 Å². The van der Waals surface area contributed by atoms with Crippen molar-refractivity contribution in [2.45, 2.75) is 19.9 Å². The van der Waals surface area contributed by atoms with Gasteiger partial charge in [0.1, 0.15) is 12.4 Å². The Kier molecular flexibility index (Phi) is 4.61. The van der Waals surface area contributed by atoms with Crippen molar-refractivity contribution in [1.29, 1.82) is 0 Å². The molecule has 1 N–H and O–H groups in total. The molecular formula is C12H14BrClFNO2. The first-order valence-electron chi connectivity index (χ1n) is 5.28. The van der Waals surface area contributed by atoms with Gasteiger partial charge in [0.25, 0.3) is 0 Å². The molecule has 3 nitrogen and oxygen atoms in total. The molecule has 1 amide bonds. The number of carbonyl (C=O) groups is 1. The predicted molar refractivity (Wildman–Crippen MR) is 72.4 cm³/mol. The van der Waals surface area contributed by atoms with E-state index in [1.54, 1.807) is 12.1 Å². The Morgan fingerprint density at radius 2 is 2.17 bits per heavy atom. The molecule has 1 fully saturated rings. The Labute approximate surface area is 120 Å². The molecular weight excluding hydrogens is 324 g/mol. The predicted octanol–water partition coefficient (Wildman–Crippen LogP) is 3.82. The molecule has 1 aromatic rings. The van der Waals surface area contributed by atoms with E-state index in [9.17, 15) is 9.18 Å². The van der Waals surface area contributed by atoms with E-state index in [1.165, 1.54) is 6.07 Å². The molecule has 100 valence electrons.